The van der Waals surface area contributed by atoms with E-state index < -0.39 is 5.97 Å². The number of benzene rings is 1. The minimum atomic E-state index is -1.18. The number of carbonyl (C=O) groups is 2. The molecule has 100 valence electrons. The van der Waals surface area contributed by atoms with Crippen molar-refractivity contribution in [3.63, 3.8) is 0 Å². The van der Waals surface area contributed by atoms with Gasteiger partial charge in [0.05, 0.1) is 24.8 Å². The molecular weight excluding hydrogens is 248 g/mol. The van der Waals surface area contributed by atoms with Crippen LogP contribution in [-0.2, 0) is 9.59 Å². The van der Waals surface area contributed by atoms with Gasteiger partial charge < -0.3 is 15.6 Å². The number of rotatable bonds is 3. The molecule has 1 heterocycles. The quantitative estimate of drug-likeness (QED) is 0.847. The van der Waals surface area contributed by atoms with E-state index in [9.17, 15) is 9.59 Å². The first-order valence-corrected chi connectivity index (χ1v) is 5.65. The molecule has 0 saturated heterocycles. The van der Waals surface area contributed by atoms with Gasteiger partial charge >= 0.3 is 5.97 Å². The van der Waals surface area contributed by atoms with Crippen molar-refractivity contribution in [2.24, 2.45) is 5.73 Å². The summed E-state index contributed by atoms with van der Waals surface area (Å²) in [6.07, 6.45) is -0.210. The Labute approximate surface area is 110 Å². The Morgan fingerprint density at radius 3 is 2.68 bits per heavy atom. The number of aliphatic carboxylic acids is 1. The highest BCUT2D eigenvalue weighted by atomic mass is 16.5. The fourth-order valence-corrected chi connectivity index (χ4v) is 2.01. The van der Waals surface area contributed by atoms with E-state index in [1.807, 2.05) is 13.0 Å². The summed E-state index contributed by atoms with van der Waals surface area (Å²) >= 11 is 0. The van der Waals surface area contributed by atoms with Crippen molar-refractivity contribution in [3.8, 4) is 5.75 Å². The van der Waals surface area contributed by atoms with Crippen molar-refractivity contribution >= 4 is 17.6 Å². The first kappa shape index (κ1) is 12.9. The molecule has 0 radical (unpaired) electrons. The number of hydrogen-bond donors (Lipinski definition) is 2. The molecule has 1 aromatic carbocycles. The van der Waals surface area contributed by atoms with Crippen LogP contribution in [0.25, 0.3) is 0 Å². The standard InChI is InChI=1S/C13H14N2O4/c1-7-3-4-10(19-2)9(5-7)15-11(16)6-8(12(15)14)13(17)18/h3-5H,6,14H2,1-2H3,(H,17,18). The zero-order valence-electron chi connectivity index (χ0n) is 10.6. The smallest absolute Gasteiger partial charge is 0.335 e. The average Bonchev–Trinajstić information content (AvgIpc) is 2.65. The van der Waals surface area contributed by atoms with E-state index in [0.717, 1.165) is 5.56 Å². The number of carboxylic acids is 1. The molecule has 1 amide bonds. The van der Waals surface area contributed by atoms with Gasteiger partial charge in [0.1, 0.15) is 11.6 Å². The van der Waals surface area contributed by atoms with E-state index in [2.05, 4.69) is 0 Å². The maximum absolute atomic E-state index is 12.0. The third kappa shape index (κ3) is 2.12. The van der Waals surface area contributed by atoms with Crippen molar-refractivity contribution in [1.82, 2.24) is 0 Å². The van der Waals surface area contributed by atoms with Crippen molar-refractivity contribution < 1.29 is 19.4 Å². The molecular formula is C13H14N2O4. The van der Waals surface area contributed by atoms with Crippen molar-refractivity contribution in [2.45, 2.75) is 13.3 Å². The van der Waals surface area contributed by atoms with Crippen LogP contribution in [0.4, 0.5) is 5.69 Å². The molecule has 0 fully saturated rings. The molecule has 2 rings (SSSR count). The lowest BCUT2D eigenvalue weighted by molar-refractivity contribution is -0.133. The molecule has 0 spiro atoms. The summed E-state index contributed by atoms with van der Waals surface area (Å²) in [5, 5.41) is 9.00. The maximum atomic E-state index is 12.0. The van der Waals surface area contributed by atoms with Gasteiger partial charge in [-0.05, 0) is 24.6 Å². The Morgan fingerprint density at radius 2 is 2.16 bits per heavy atom. The van der Waals surface area contributed by atoms with Crippen LogP contribution in [-0.4, -0.2) is 24.1 Å². The summed E-state index contributed by atoms with van der Waals surface area (Å²) < 4.78 is 5.19. The predicted octanol–water partition coefficient (Wildman–Crippen LogP) is 0.995. The number of nitrogens with two attached hydrogens (primary N) is 1. The second-order valence-corrected chi connectivity index (χ2v) is 4.25. The second kappa shape index (κ2) is 4.64. The lowest BCUT2D eigenvalue weighted by atomic mass is 10.2. The number of nitrogens with zero attached hydrogens (tertiary/aromatic N) is 1. The Morgan fingerprint density at radius 1 is 1.47 bits per heavy atom. The fourth-order valence-electron chi connectivity index (χ4n) is 2.01. The minimum Gasteiger partial charge on any atom is -0.495 e. The van der Waals surface area contributed by atoms with Crippen LogP contribution in [0.15, 0.2) is 29.6 Å². The number of anilines is 1. The molecule has 3 N–H and O–H groups in total. The molecule has 1 aliphatic rings. The van der Waals surface area contributed by atoms with Crippen molar-refractivity contribution in [1.29, 1.82) is 0 Å². The third-order valence-corrected chi connectivity index (χ3v) is 2.96. The minimum absolute atomic E-state index is 0.0543. The molecule has 0 atom stereocenters. The Kier molecular flexibility index (Phi) is 3.16. The first-order valence-electron chi connectivity index (χ1n) is 5.65. The van der Waals surface area contributed by atoms with Crippen LogP contribution in [0.3, 0.4) is 0 Å². The van der Waals surface area contributed by atoms with Crippen LogP contribution < -0.4 is 15.4 Å². The zero-order valence-corrected chi connectivity index (χ0v) is 10.6. The highest BCUT2D eigenvalue weighted by molar-refractivity contribution is 6.09. The van der Waals surface area contributed by atoms with Gasteiger partial charge in [0.2, 0.25) is 5.91 Å². The summed E-state index contributed by atoms with van der Waals surface area (Å²) in [6, 6.07) is 5.28. The Bertz CT molecular complexity index is 592. The number of amides is 1. The van der Waals surface area contributed by atoms with E-state index in [1.165, 1.54) is 12.0 Å². The normalized spacial score (nSPS) is 15.1. The van der Waals surface area contributed by atoms with E-state index in [-0.39, 0.29) is 23.7 Å². The van der Waals surface area contributed by atoms with Crippen LogP contribution in [0.2, 0.25) is 0 Å². The fraction of sp³-hybridized carbons (Fsp3) is 0.231. The van der Waals surface area contributed by atoms with Gasteiger partial charge in [0, 0.05) is 0 Å². The molecule has 19 heavy (non-hydrogen) atoms. The number of aryl methyl sites for hydroxylation is 1. The maximum Gasteiger partial charge on any atom is 0.335 e. The van der Waals surface area contributed by atoms with Crippen molar-refractivity contribution in [3.05, 3.63) is 35.2 Å². The molecule has 1 aliphatic heterocycles. The molecule has 6 nitrogen and oxygen atoms in total. The molecule has 0 saturated carbocycles. The number of ether oxygens (including phenoxy) is 1. The first-order chi connectivity index (χ1) is 8.95. The van der Waals surface area contributed by atoms with Gasteiger partial charge in [-0.2, -0.15) is 0 Å². The summed E-state index contributed by atoms with van der Waals surface area (Å²) in [5.74, 6) is -1.14. The largest absolute Gasteiger partial charge is 0.495 e. The molecule has 0 aromatic heterocycles. The van der Waals surface area contributed by atoms with Gasteiger partial charge in [-0.3, -0.25) is 9.69 Å². The highest BCUT2D eigenvalue weighted by Gasteiger charge is 2.34. The topological polar surface area (TPSA) is 92.9 Å². The molecule has 0 aliphatic carbocycles. The van der Waals surface area contributed by atoms with Crippen LogP contribution >= 0.6 is 0 Å². The summed E-state index contributed by atoms with van der Waals surface area (Å²) in [6.45, 7) is 1.86. The molecule has 0 bridgehead atoms. The number of hydrogen-bond acceptors (Lipinski definition) is 4. The van der Waals surface area contributed by atoms with Gasteiger partial charge in [-0.1, -0.05) is 6.07 Å². The van der Waals surface area contributed by atoms with Gasteiger partial charge in [-0.25, -0.2) is 4.79 Å². The van der Waals surface area contributed by atoms with Crippen molar-refractivity contribution in [2.75, 3.05) is 12.0 Å². The lowest BCUT2D eigenvalue weighted by Crippen LogP contribution is -2.29. The lowest BCUT2D eigenvalue weighted by Gasteiger charge is -2.20. The van der Waals surface area contributed by atoms with Gasteiger partial charge in [0.25, 0.3) is 0 Å². The van der Waals surface area contributed by atoms with E-state index in [1.54, 1.807) is 12.1 Å². The van der Waals surface area contributed by atoms with Crippen LogP contribution in [0, 0.1) is 6.92 Å². The summed E-state index contributed by atoms with van der Waals surface area (Å²) in [5.41, 5.74) is 7.06. The zero-order chi connectivity index (χ0) is 14.2. The monoisotopic (exact) mass is 262 g/mol. The molecule has 1 aromatic rings. The van der Waals surface area contributed by atoms with Crippen LogP contribution in [0.1, 0.15) is 12.0 Å². The van der Waals surface area contributed by atoms with E-state index >= 15 is 0 Å². The molecule has 0 unspecified atom stereocenters. The summed E-state index contributed by atoms with van der Waals surface area (Å²) in [4.78, 5) is 24.2. The average molecular weight is 262 g/mol. The van der Waals surface area contributed by atoms with E-state index in [0.29, 0.717) is 11.4 Å². The highest BCUT2D eigenvalue weighted by Crippen LogP contribution is 2.35. The van der Waals surface area contributed by atoms with E-state index in [4.69, 9.17) is 15.6 Å². The molecule has 6 heteroatoms. The SMILES string of the molecule is COc1ccc(C)cc1N1C(=O)CC(C(=O)O)=C1N. The number of carbonyl (C=O) groups excluding carboxylic acids is 1. The Hall–Kier alpha value is -2.50. The summed E-state index contributed by atoms with van der Waals surface area (Å²) in [7, 11) is 1.48. The third-order valence-electron chi connectivity index (χ3n) is 2.96. The second-order valence-electron chi connectivity index (χ2n) is 4.25. The predicted molar refractivity (Wildman–Crippen MR) is 68.7 cm³/mol. The van der Waals surface area contributed by atoms with Gasteiger partial charge in [-0.15, -0.1) is 0 Å². The van der Waals surface area contributed by atoms with Crippen LogP contribution in [0.5, 0.6) is 5.75 Å². The number of methoxy groups -OCH3 is 1. The Balaban J connectivity index is 2.55. The number of carboxylic acid groups (broad SMARTS) is 1. The van der Waals surface area contributed by atoms with Gasteiger partial charge in [0.15, 0.2) is 0 Å².